The van der Waals surface area contributed by atoms with Gasteiger partial charge in [0.15, 0.2) is 23.9 Å². The van der Waals surface area contributed by atoms with Crippen LogP contribution in [-0.2, 0) is 4.79 Å². The van der Waals surface area contributed by atoms with Crippen molar-refractivity contribution in [1.82, 2.24) is 5.01 Å². The van der Waals surface area contributed by atoms with Crippen LogP contribution in [0.25, 0.3) is 0 Å². The second-order valence-electron chi connectivity index (χ2n) is 7.24. The van der Waals surface area contributed by atoms with Crippen molar-refractivity contribution in [1.29, 1.82) is 0 Å². The van der Waals surface area contributed by atoms with Crippen LogP contribution in [0, 0.1) is 0 Å². The van der Waals surface area contributed by atoms with Gasteiger partial charge in [-0.1, -0.05) is 23.7 Å². The average molecular weight is 453 g/mol. The van der Waals surface area contributed by atoms with Crippen LogP contribution in [0.1, 0.15) is 41.1 Å². The van der Waals surface area contributed by atoms with E-state index in [1.165, 1.54) is 19.0 Å². The highest BCUT2D eigenvalue weighted by Gasteiger charge is 2.35. The van der Waals surface area contributed by atoms with Crippen molar-refractivity contribution >= 4 is 29.0 Å². The lowest BCUT2D eigenvalue weighted by Gasteiger charge is -2.20. The monoisotopic (exact) mass is 452 g/mol. The fraction of sp³-hybridized carbons (Fsp3) is 0.208. The predicted octanol–water partition coefficient (Wildman–Crippen LogP) is 4.90. The van der Waals surface area contributed by atoms with Crippen LogP contribution < -0.4 is 9.47 Å². The summed E-state index contributed by atoms with van der Waals surface area (Å²) >= 11 is 5.99. The first-order valence-corrected chi connectivity index (χ1v) is 10.3. The maximum atomic E-state index is 13.1. The molecule has 8 heteroatoms. The van der Waals surface area contributed by atoms with Gasteiger partial charge in [-0.3, -0.25) is 9.59 Å². The Labute approximate surface area is 190 Å². The Bertz CT molecular complexity index is 1160. The molecule has 1 unspecified atom stereocenters. The number of hydrazone groups is 1. The molecule has 0 bridgehead atoms. The zero-order chi connectivity index (χ0) is 22.7. The van der Waals surface area contributed by atoms with E-state index in [-0.39, 0.29) is 24.3 Å². The van der Waals surface area contributed by atoms with Gasteiger partial charge in [0, 0.05) is 17.0 Å². The number of ketones is 1. The molecular formula is C24H21ClN2O5. The number of ether oxygens (including phenoxy) is 2. The molecule has 0 radical (unpaired) electrons. The first-order chi connectivity index (χ1) is 15.5. The normalized spacial score (nSPS) is 15.4. The maximum Gasteiger partial charge on any atom is 0.281 e. The highest BCUT2D eigenvalue weighted by molar-refractivity contribution is 6.30. The van der Waals surface area contributed by atoms with E-state index in [1.807, 2.05) is 18.2 Å². The number of hydrogen-bond donors (Lipinski definition) is 0. The van der Waals surface area contributed by atoms with E-state index < -0.39 is 0 Å². The second-order valence-corrected chi connectivity index (χ2v) is 7.67. The lowest BCUT2D eigenvalue weighted by Crippen LogP contribution is -2.31. The standard InChI is InChI=1S/C24H21ClN2O5/c1-15(28)17-7-10-22(23(12-17)30-2)32-14-24(29)27-20(21-4-3-11-31-21)13-19(26-27)16-5-8-18(25)9-6-16/h3-12,20H,13-14H2,1-2H3. The van der Waals surface area contributed by atoms with Crippen molar-refractivity contribution in [2.75, 3.05) is 13.7 Å². The molecule has 0 saturated heterocycles. The zero-order valence-electron chi connectivity index (χ0n) is 17.6. The molecular weight excluding hydrogens is 432 g/mol. The number of Topliss-reactive ketones (excluding diaryl/α,β-unsaturated/α-hetero) is 1. The summed E-state index contributed by atoms with van der Waals surface area (Å²) in [6, 6.07) is 15.3. The number of rotatable bonds is 7. The molecule has 1 aliphatic heterocycles. The minimum absolute atomic E-state index is 0.0895. The molecule has 32 heavy (non-hydrogen) atoms. The van der Waals surface area contributed by atoms with Crippen LogP contribution in [0.15, 0.2) is 70.4 Å². The molecule has 2 heterocycles. The molecule has 0 N–H and O–H groups in total. The second kappa shape index (κ2) is 9.28. The first kappa shape index (κ1) is 21.6. The molecule has 1 amide bonds. The average Bonchev–Trinajstić information content (AvgIpc) is 3.48. The van der Waals surface area contributed by atoms with Gasteiger partial charge in [-0.15, -0.1) is 0 Å². The van der Waals surface area contributed by atoms with Gasteiger partial charge in [-0.05, 0) is 55.0 Å². The summed E-state index contributed by atoms with van der Waals surface area (Å²) in [5.41, 5.74) is 2.12. The number of carbonyl (C=O) groups excluding carboxylic acids is 2. The lowest BCUT2D eigenvalue weighted by atomic mass is 10.0. The number of halogens is 1. The van der Waals surface area contributed by atoms with Crippen molar-refractivity contribution in [2.24, 2.45) is 5.10 Å². The summed E-state index contributed by atoms with van der Waals surface area (Å²) in [6.45, 7) is 1.21. The topological polar surface area (TPSA) is 81.3 Å². The lowest BCUT2D eigenvalue weighted by molar-refractivity contribution is -0.135. The summed E-state index contributed by atoms with van der Waals surface area (Å²) in [6.07, 6.45) is 2.06. The summed E-state index contributed by atoms with van der Waals surface area (Å²) in [5.74, 6) is 0.942. The number of carbonyl (C=O) groups is 2. The van der Waals surface area contributed by atoms with E-state index in [0.29, 0.717) is 34.3 Å². The third-order valence-electron chi connectivity index (χ3n) is 5.14. The van der Waals surface area contributed by atoms with Crippen LogP contribution in [0.4, 0.5) is 0 Å². The summed E-state index contributed by atoms with van der Waals surface area (Å²) in [5, 5.41) is 6.57. The van der Waals surface area contributed by atoms with E-state index in [4.69, 9.17) is 25.5 Å². The quantitative estimate of drug-likeness (QED) is 0.476. The molecule has 3 aromatic rings. The summed E-state index contributed by atoms with van der Waals surface area (Å²) in [7, 11) is 1.48. The molecule has 0 saturated carbocycles. The van der Waals surface area contributed by atoms with Gasteiger partial charge in [-0.25, -0.2) is 5.01 Å². The summed E-state index contributed by atoms with van der Waals surface area (Å²) in [4.78, 5) is 24.7. The molecule has 0 fully saturated rings. The van der Waals surface area contributed by atoms with E-state index in [9.17, 15) is 9.59 Å². The number of methoxy groups -OCH3 is 1. The van der Waals surface area contributed by atoms with Gasteiger partial charge in [0.2, 0.25) is 0 Å². The van der Waals surface area contributed by atoms with Gasteiger partial charge in [0.25, 0.3) is 5.91 Å². The Hall–Kier alpha value is -3.58. The van der Waals surface area contributed by atoms with E-state index >= 15 is 0 Å². The van der Waals surface area contributed by atoms with Gasteiger partial charge < -0.3 is 13.9 Å². The van der Waals surface area contributed by atoms with Crippen LogP contribution in [-0.4, -0.2) is 36.1 Å². The Morgan fingerprint density at radius 3 is 2.59 bits per heavy atom. The smallest absolute Gasteiger partial charge is 0.281 e. The van der Waals surface area contributed by atoms with Crippen LogP contribution >= 0.6 is 11.6 Å². The first-order valence-electron chi connectivity index (χ1n) is 9.97. The minimum atomic E-state index is -0.381. The fourth-order valence-electron chi connectivity index (χ4n) is 3.47. The molecule has 1 aliphatic rings. The Morgan fingerprint density at radius 1 is 1.16 bits per heavy atom. The van der Waals surface area contributed by atoms with Crippen LogP contribution in [0.3, 0.4) is 0 Å². The van der Waals surface area contributed by atoms with Gasteiger partial charge in [-0.2, -0.15) is 5.10 Å². The highest BCUT2D eigenvalue weighted by atomic mass is 35.5. The molecule has 4 rings (SSSR count). The molecule has 2 aromatic carbocycles. The third kappa shape index (κ3) is 4.53. The number of nitrogens with zero attached hydrogens (tertiary/aromatic N) is 2. The fourth-order valence-corrected chi connectivity index (χ4v) is 3.60. The van der Waals surface area contributed by atoms with Gasteiger partial charge >= 0.3 is 0 Å². The zero-order valence-corrected chi connectivity index (χ0v) is 18.3. The predicted molar refractivity (Wildman–Crippen MR) is 119 cm³/mol. The number of amides is 1. The molecule has 1 aromatic heterocycles. The van der Waals surface area contributed by atoms with Crippen molar-refractivity contribution < 1.29 is 23.5 Å². The molecule has 7 nitrogen and oxygen atoms in total. The molecule has 0 aliphatic carbocycles. The van der Waals surface area contributed by atoms with E-state index in [0.717, 1.165) is 11.3 Å². The van der Waals surface area contributed by atoms with Crippen LogP contribution in [0.2, 0.25) is 5.02 Å². The van der Waals surface area contributed by atoms with E-state index in [2.05, 4.69) is 5.10 Å². The largest absolute Gasteiger partial charge is 0.493 e. The van der Waals surface area contributed by atoms with Crippen molar-refractivity contribution in [3.63, 3.8) is 0 Å². The van der Waals surface area contributed by atoms with Gasteiger partial charge in [0.05, 0.1) is 19.1 Å². The van der Waals surface area contributed by atoms with Gasteiger partial charge in [0.1, 0.15) is 11.8 Å². The Morgan fingerprint density at radius 2 is 1.94 bits per heavy atom. The minimum Gasteiger partial charge on any atom is -0.493 e. The molecule has 1 atom stereocenters. The van der Waals surface area contributed by atoms with Crippen LogP contribution in [0.5, 0.6) is 11.5 Å². The summed E-state index contributed by atoms with van der Waals surface area (Å²) < 4.78 is 16.6. The number of hydrogen-bond acceptors (Lipinski definition) is 6. The molecule has 0 spiro atoms. The van der Waals surface area contributed by atoms with Crippen molar-refractivity contribution in [3.05, 3.63) is 82.8 Å². The SMILES string of the molecule is COc1cc(C(C)=O)ccc1OCC(=O)N1N=C(c2ccc(Cl)cc2)CC1c1ccco1. The Kier molecular flexibility index (Phi) is 6.28. The maximum absolute atomic E-state index is 13.1. The highest BCUT2D eigenvalue weighted by Crippen LogP contribution is 2.34. The number of furan rings is 1. The van der Waals surface area contributed by atoms with Crippen molar-refractivity contribution in [2.45, 2.75) is 19.4 Å². The number of benzene rings is 2. The van der Waals surface area contributed by atoms with Crippen molar-refractivity contribution in [3.8, 4) is 11.5 Å². The molecule has 164 valence electrons. The third-order valence-corrected chi connectivity index (χ3v) is 5.39. The van der Waals surface area contributed by atoms with E-state index in [1.54, 1.807) is 42.7 Å². The Balaban J connectivity index is 1.55.